The molecule has 0 aromatic heterocycles. The summed E-state index contributed by atoms with van der Waals surface area (Å²) in [5.74, 6) is 0.626. The van der Waals surface area contributed by atoms with Gasteiger partial charge in [0.2, 0.25) is 0 Å². The minimum atomic E-state index is -4.41. The van der Waals surface area contributed by atoms with E-state index in [-0.39, 0.29) is 10.7 Å². The second kappa shape index (κ2) is 7.50. The van der Waals surface area contributed by atoms with Gasteiger partial charge in [-0.05, 0) is 29.7 Å². The number of carbonyl (C=O) groups excluding carboxylic acids is 1. The first kappa shape index (κ1) is 16.8. The van der Waals surface area contributed by atoms with Crippen LogP contribution in [0.5, 0.6) is 0 Å². The second-order valence-corrected chi connectivity index (χ2v) is 5.37. The molecule has 20 heavy (non-hydrogen) atoms. The first-order chi connectivity index (χ1) is 9.34. The van der Waals surface area contributed by atoms with E-state index in [4.69, 9.17) is 5.11 Å². The summed E-state index contributed by atoms with van der Waals surface area (Å²) in [6, 6.07) is 3.27. The maximum atomic E-state index is 12.5. The van der Waals surface area contributed by atoms with E-state index in [1.54, 1.807) is 12.2 Å². The highest BCUT2D eigenvalue weighted by Gasteiger charge is 2.30. The van der Waals surface area contributed by atoms with Crippen LogP contribution < -0.4 is 0 Å². The van der Waals surface area contributed by atoms with Gasteiger partial charge in [-0.25, -0.2) is 0 Å². The Balaban J connectivity index is 2.75. The number of carbonyl (C=O) groups is 1. The molecule has 1 rings (SSSR count). The number of aliphatic hydroxyl groups is 1. The molecule has 0 fully saturated rings. The topological polar surface area (TPSA) is 37.3 Å². The molecule has 6 heteroatoms. The number of halogens is 3. The Labute approximate surface area is 119 Å². The van der Waals surface area contributed by atoms with Gasteiger partial charge in [-0.3, -0.25) is 4.79 Å². The van der Waals surface area contributed by atoms with Crippen LogP contribution in [0, 0.1) is 0 Å². The number of alkyl halides is 3. The number of rotatable bonds is 5. The predicted molar refractivity (Wildman–Crippen MR) is 74.2 cm³/mol. The molecule has 0 unspecified atom stereocenters. The van der Waals surface area contributed by atoms with E-state index >= 15 is 0 Å². The highest BCUT2D eigenvalue weighted by Crippen LogP contribution is 2.30. The summed E-state index contributed by atoms with van der Waals surface area (Å²) in [6.45, 7) is 1.03. The van der Waals surface area contributed by atoms with Gasteiger partial charge in [0.1, 0.15) is 0 Å². The molecule has 0 amide bonds. The molecule has 0 aliphatic carbocycles. The van der Waals surface area contributed by atoms with Crippen molar-refractivity contribution in [1.82, 2.24) is 0 Å². The molecular weight excluding hydrogens is 289 g/mol. The lowest BCUT2D eigenvalue weighted by molar-refractivity contribution is -0.137. The highest BCUT2D eigenvalue weighted by molar-refractivity contribution is 8.13. The summed E-state index contributed by atoms with van der Waals surface area (Å²) < 4.78 is 37.6. The maximum absolute atomic E-state index is 12.5. The van der Waals surface area contributed by atoms with Crippen LogP contribution in [-0.4, -0.2) is 16.0 Å². The summed E-state index contributed by atoms with van der Waals surface area (Å²) in [4.78, 5) is 10.7. The molecule has 0 bridgehead atoms. The van der Waals surface area contributed by atoms with Crippen LogP contribution in [-0.2, 0) is 17.6 Å². The highest BCUT2D eigenvalue weighted by atomic mass is 32.2. The van der Waals surface area contributed by atoms with Crippen molar-refractivity contribution in [2.45, 2.75) is 26.1 Å². The molecule has 0 saturated heterocycles. The van der Waals surface area contributed by atoms with Gasteiger partial charge in [0.25, 0.3) is 0 Å². The molecule has 0 radical (unpaired) electrons. The molecule has 0 atom stereocenters. The van der Waals surface area contributed by atoms with Crippen molar-refractivity contribution in [2.24, 2.45) is 0 Å². The fourth-order valence-corrected chi connectivity index (χ4v) is 2.10. The Bertz CT molecular complexity index is 496. The molecule has 0 aliphatic rings. The Kier molecular flexibility index (Phi) is 6.29. The van der Waals surface area contributed by atoms with Crippen molar-refractivity contribution < 1.29 is 23.1 Å². The van der Waals surface area contributed by atoms with Gasteiger partial charge in [0, 0.05) is 12.7 Å². The lowest BCUT2D eigenvalue weighted by atomic mass is 10.0. The van der Waals surface area contributed by atoms with Gasteiger partial charge in [-0.1, -0.05) is 30.0 Å². The first-order valence-corrected chi connectivity index (χ1v) is 6.94. The third-order valence-corrected chi connectivity index (χ3v) is 3.37. The number of aliphatic hydroxyl groups excluding tert-OH is 1. The molecule has 2 nitrogen and oxygen atoms in total. The molecule has 1 N–H and O–H groups in total. The van der Waals surface area contributed by atoms with E-state index in [0.717, 1.165) is 12.1 Å². The fraction of sp³-hybridized carbons (Fsp3) is 0.357. The van der Waals surface area contributed by atoms with Crippen molar-refractivity contribution in [2.75, 3.05) is 5.75 Å². The van der Waals surface area contributed by atoms with Crippen LogP contribution in [0.1, 0.15) is 30.0 Å². The van der Waals surface area contributed by atoms with E-state index in [9.17, 15) is 18.0 Å². The van der Waals surface area contributed by atoms with E-state index in [1.165, 1.54) is 24.8 Å². The normalized spacial score (nSPS) is 12.1. The Morgan fingerprint density at radius 1 is 1.40 bits per heavy atom. The van der Waals surface area contributed by atoms with Crippen molar-refractivity contribution in [3.63, 3.8) is 0 Å². The molecule has 0 aliphatic heterocycles. The Hall–Kier alpha value is -1.27. The lowest BCUT2D eigenvalue weighted by Crippen LogP contribution is -2.06. The zero-order valence-electron chi connectivity index (χ0n) is 10.9. The number of hydrogen-bond donors (Lipinski definition) is 1. The number of benzene rings is 1. The molecule has 110 valence electrons. The predicted octanol–water partition coefficient (Wildman–Crippen LogP) is 3.88. The molecule has 0 saturated carbocycles. The number of allylic oxidation sites excluding steroid dienone is 1. The van der Waals surface area contributed by atoms with Crippen molar-refractivity contribution in [3.05, 3.63) is 41.0 Å². The maximum Gasteiger partial charge on any atom is 0.416 e. The standard InChI is InChI=1S/C14H15F3O2S/c1-10(19)20-7-3-2-4-11-5-6-13(14(15,16)17)8-12(11)9-18/h2,4-6,8,18H,3,7,9H2,1H3. The van der Waals surface area contributed by atoms with E-state index in [0.29, 0.717) is 17.7 Å². The largest absolute Gasteiger partial charge is 0.416 e. The van der Waals surface area contributed by atoms with Crippen LogP contribution in [0.15, 0.2) is 24.3 Å². The average molecular weight is 304 g/mol. The van der Waals surface area contributed by atoms with Gasteiger partial charge in [0.15, 0.2) is 5.12 Å². The van der Waals surface area contributed by atoms with Gasteiger partial charge in [0.05, 0.1) is 12.2 Å². The van der Waals surface area contributed by atoms with Gasteiger partial charge in [-0.15, -0.1) is 0 Å². The van der Waals surface area contributed by atoms with Crippen LogP contribution in [0.25, 0.3) is 6.08 Å². The summed E-state index contributed by atoms with van der Waals surface area (Å²) in [5.41, 5.74) is 0.00876. The van der Waals surface area contributed by atoms with Crippen LogP contribution >= 0.6 is 11.8 Å². The van der Waals surface area contributed by atoms with E-state index in [2.05, 4.69) is 0 Å². The van der Waals surface area contributed by atoms with E-state index < -0.39 is 18.3 Å². The summed E-state index contributed by atoms with van der Waals surface area (Å²) in [6.07, 6.45) is -0.343. The number of hydrogen-bond acceptors (Lipinski definition) is 3. The van der Waals surface area contributed by atoms with Crippen molar-refractivity contribution in [1.29, 1.82) is 0 Å². The zero-order chi connectivity index (χ0) is 15.2. The van der Waals surface area contributed by atoms with Crippen molar-refractivity contribution in [3.8, 4) is 0 Å². The summed E-state index contributed by atoms with van der Waals surface area (Å²) >= 11 is 1.19. The minimum Gasteiger partial charge on any atom is -0.392 e. The lowest BCUT2D eigenvalue weighted by Gasteiger charge is -2.10. The third-order valence-electron chi connectivity index (χ3n) is 2.53. The zero-order valence-corrected chi connectivity index (χ0v) is 11.7. The minimum absolute atomic E-state index is 0.0315. The van der Waals surface area contributed by atoms with Gasteiger partial charge >= 0.3 is 6.18 Å². The first-order valence-electron chi connectivity index (χ1n) is 5.95. The van der Waals surface area contributed by atoms with Crippen molar-refractivity contribution >= 4 is 23.0 Å². The average Bonchev–Trinajstić information content (AvgIpc) is 2.36. The quantitative estimate of drug-likeness (QED) is 0.839. The van der Waals surface area contributed by atoms with Crippen LogP contribution in [0.3, 0.4) is 0 Å². The third kappa shape index (κ3) is 5.38. The fourth-order valence-electron chi connectivity index (χ4n) is 1.56. The van der Waals surface area contributed by atoms with Gasteiger partial charge < -0.3 is 5.11 Å². The molecule has 0 spiro atoms. The molecule has 0 heterocycles. The van der Waals surface area contributed by atoms with Crippen LogP contribution in [0.4, 0.5) is 13.2 Å². The summed E-state index contributed by atoms with van der Waals surface area (Å²) in [5, 5.41) is 9.17. The number of thioether (sulfide) groups is 1. The molecular formula is C14H15F3O2S. The monoisotopic (exact) mass is 304 g/mol. The summed E-state index contributed by atoms with van der Waals surface area (Å²) in [7, 11) is 0. The Morgan fingerprint density at radius 2 is 2.10 bits per heavy atom. The smallest absolute Gasteiger partial charge is 0.392 e. The van der Waals surface area contributed by atoms with E-state index in [1.807, 2.05) is 0 Å². The molecule has 1 aromatic rings. The molecule has 1 aromatic carbocycles. The van der Waals surface area contributed by atoms with Gasteiger partial charge in [-0.2, -0.15) is 13.2 Å². The SMILES string of the molecule is CC(=O)SCCC=Cc1ccc(C(F)(F)F)cc1CO. The van der Waals surface area contributed by atoms with Crippen LogP contribution in [0.2, 0.25) is 0 Å². The Morgan fingerprint density at radius 3 is 2.65 bits per heavy atom. The second-order valence-electron chi connectivity index (χ2n) is 4.10.